The van der Waals surface area contributed by atoms with Gasteiger partial charge in [0.25, 0.3) is 5.56 Å². The van der Waals surface area contributed by atoms with E-state index in [2.05, 4.69) is 16.6 Å². The molecule has 0 unspecified atom stereocenters. The average molecular weight is 263 g/mol. The number of fused-ring (bicyclic) bond motifs is 1. The first kappa shape index (κ1) is 14.0. The molecule has 0 amide bonds. The van der Waals surface area contributed by atoms with E-state index in [4.69, 9.17) is 0 Å². The van der Waals surface area contributed by atoms with Crippen LogP contribution in [0.5, 0.6) is 0 Å². The molecule has 0 radical (unpaired) electrons. The summed E-state index contributed by atoms with van der Waals surface area (Å²) >= 11 is 0. The summed E-state index contributed by atoms with van der Waals surface area (Å²) < 4.78 is 1.38. The highest BCUT2D eigenvalue weighted by Gasteiger charge is 2.20. The molecular weight excluding hydrogens is 242 g/mol. The maximum absolute atomic E-state index is 11.6. The van der Waals surface area contributed by atoms with Crippen molar-refractivity contribution in [1.82, 2.24) is 14.7 Å². The second kappa shape index (κ2) is 6.12. The number of aliphatic hydroxyl groups is 1. The van der Waals surface area contributed by atoms with Crippen LogP contribution in [0.1, 0.15) is 24.1 Å². The molecule has 0 aromatic carbocycles. The fourth-order valence-electron chi connectivity index (χ4n) is 2.41. The summed E-state index contributed by atoms with van der Waals surface area (Å²) in [6.45, 7) is 5.87. The molecule has 1 aromatic heterocycles. The molecule has 0 aliphatic carbocycles. The molecule has 1 aliphatic rings. The van der Waals surface area contributed by atoms with Crippen molar-refractivity contribution in [3.05, 3.63) is 40.3 Å². The van der Waals surface area contributed by atoms with E-state index in [0.717, 1.165) is 37.1 Å². The Bertz CT molecular complexity index is 510. The molecule has 2 heterocycles. The topological polar surface area (TPSA) is 58.4 Å². The van der Waals surface area contributed by atoms with Crippen LogP contribution in [0.2, 0.25) is 0 Å². The average Bonchev–Trinajstić information content (AvgIpc) is 2.38. The van der Waals surface area contributed by atoms with Crippen LogP contribution >= 0.6 is 0 Å². The highest BCUT2D eigenvalue weighted by molar-refractivity contribution is 5.20. The first-order valence-corrected chi connectivity index (χ1v) is 6.67. The molecule has 104 valence electrons. The van der Waals surface area contributed by atoms with Crippen molar-refractivity contribution in [2.24, 2.45) is 7.05 Å². The quantitative estimate of drug-likeness (QED) is 0.784. The molecule has 1 aromatic rings. The number of allylic oxidation sites excluding steroid dienone is 1. The predicted molar refractivity (Wildman–Crippen MR) is 73.9 cm³/mol. The van der Waals surface area contributed by atoms with Gasteiger partial charge in [0.1, 0.15) is 0 Å². The summed E-state index contributed by atoms with van der Waals surface area (Å²) in [6, 6.07) is 1.66. The Kier molecular flexibility index (Phi) is 4.50. The standard InChI is InChI=1S/C14H21N3O2/c1-3-4-5-12(18)10-17-7-6-13-11(9-17)8-14(19)16(2)15-13/h3,8,12,18H,1,4-7,9-10H2,2H3/t12-/m0/s1. The number of aliphatic hydroxyl groups excluding tert-OH is 1. The van der Waals surface area contributed by atoms with Crippen molar-refractivity contribution in [2.45, 2.75) is 31.9 Å². The van der Waals surface area contributed by atoms with Gasteiger partial charge in [0, 0.05) is 39.2 Å². The van der Waals surface area contributed by atoms with E-state index in [-0.39, 0.29) is 11.7 Å². The first-order valence-electron chi connectivity index (χ1n) is 6.67. The van der Waals surface area contributed by atoms with Gasteiger partial charge in [-0.1, -0.05) is 6.08 Å². The Morgan fingerprint density at radius 3 is 3.16 bits per heavy atom. The van der Waals surface area contributed by atoms with Gasteiger partial charge in [0.2, 0.25) is 0 Å². The Labute approximate surface area is 113 Å². The molecule has 5 nitrogen and oxygen atoms in total. The second-order valence-corrected chi connectivity index (χ2v) is 5.08. The summed E-state index contributed by atoms with van der Waals surface area (Å²) in [5, 5.41) is 14.2. The van der Waals surface area contributed by atoms with Gasteiger partial charge in [0.15, 0.2) is 0 Å². The zero-order valence-electron chi connectivity index (χ0n) is 11.4. The van der Waals surface area contributed by atoms with Crippen molar-refractivity contribution < 1.29 is 5.11 Å². The molecule has 1 N–H and O–H groups in total. The minimum absolute atomic E-state index is 0.0761. The van der Waals surface area contributed by atoms with Crippen LogP contribution in [-0.4, -0.2) is 39.0 Å². The molecule has 1 aliphatic heterocycles. The Morgan fingerprint density at radius 2 is 2.42 bits per heavy atom. The van der Waals surface area contributed by atoms with Crippen molar-refractivity contribution in [3.8, 4) is 0 Å². The molecule has 0 spiro atoms. The fraction of sp³-hybridized carbons (Fsp3) is 0.571. The third kappa shape index (κ3) is 3.52. The molecule has 0 fully saturated rings. The van der Waals surface area contributed by atoms with Gasteiger partial charge in [-0.3, -0.25) is 9.69 Å². The monoisotopic (exact) mass is 263 g/mol. The molecule has 2 rings (SSSR count). The van der Waals surface area contributed by atoms with E-state index < -0.39 is 0 Å². The van der Waals surface area contributed by atoms with Gasteiger partial charge < -0.3 is 5.11 Å². The third-order valence-electron chi connectivity index (χ3n) is 3.49. The van der Waals surface area contributed by atoms with Crippen molar-refractivity contribution in [2.75, 3.05) is 13.1 Å². The molecule has 0 saturated carbocycles. The maximum atomic E-state index is 11.6. The Balaban J connectivity index is 2.00. The molecule has 19 heavy (non-hydrogen) atoms. The van der Waals surface area contributed by atoms with E-state index in [1.165, 1.54) is 4.68 Å². The summed E-state index contributed by atoms with van der Waals surface area (Å²) in [5.41, 5.74) is 1.91. The molecule has 1 atom stereocenters. The van der Waals surface area contributed by atoms with Crippen LogP contribution in [0.3, 0.4) is 0 Å². The largest absolute Gasteiger partial charge is 0.392 e. The Morgan fingerprint density at radius 1 is 1.63 bits per heavy atom. The zero-order chi connectivity index (χ0) is 13.8. The van der Waals surface area contributed by atoms with Crippen LogP contribution in [0.25, 0.3) is 0 Å². The van der Waals surface area contributed by atoms with Crippen LogP contribution in [0.15, 0.2) is 23.5 Å². The summed E-state index contributed by atoms with van der Waals surface area (Å²) in [4.78, 5) is 13.8. The van der Waals surface area contributed by atoms with Crippen molar-refractivity contribution >= 4 is 0 Å². The van der Waals surface area contributed by atoms with Crippen LogP contribution in [0.4, 0.5) is 0 Å². The number of rotatable bonds is 5. The summed E-state index contributed by atoms with van der Waals surface area (Å²) in [5.74, 6) is 0. The van der Waals surface area contributed by atoms with Gasteiger partial charge in [0.05, 0.1) is 11.8 Å². The summed E-state index contributed by atoms with van der Waals surface area (Å²) in [6.07, 6.45) is 3.88. The highest BCUT2D eigenvalue weighted by Crippen LogP contribution is 2.15. The lowest BCUT2D eigenvalue weighted by Crippen LogP contribution is -2.38. The van der Waals surface area contributed by atoms with Gasteiger partial charge in [-0.2, -0.15) is 5.10 Å². The normalized spacial score (nSPS) is 16.9. The van der Waals surface area contributed by atoms with Gasteiger partial charge in [-0.25, -0.2) is 4.68 Å². The van der Waals surface area contributed by atoms with Crippen molar-refractivity contribution in [1.29, 1.82) is 0 Å². The van der Waals surface area contributed by atoms with E-state index in [0.29, 0.717) is 13.1 Å². The maximum Gasteiger partial charge on any atom is 0.266 e. The first-order chi connectivity index (χ1) is 9.10. The lowest BCUT2D eigenvalue weighted by atomic mass is 10.1. The molecular formula is C14H21N3O2. The molecule has 0 saturated heterocycles. The smallest absolute Gasteiger partial charge is 0.266 e. The van der Waals surface area contributed by atoms with Gasteiger partial charge in [-0.15, -0.1) is 6.58 Å². The van der Waals surface area contributed by atoms with Gasteiger partial charge >= 0.3 is 0 Å². The van der Waals surface area contributed by atoms with Crippen molar-refractivity contribution in [3.63, 3.8) is 0 Å². The molecule has 0 bridgehead atoms. The molecule has 5 heteroatoms. The minimum Gasteiger partial charge on any atom is -0.392 e. The highest BCUT2D eigenvalue weighted by atomic mass is 16.3. The SMILES string of the molecule is C=CCC[C@H](O)CN1CCc2nn(C)c(=O)cc2C1. The van der Waals surface area contributed by atoms with Crippen LogP contribution in [-0.2, 0) is 20.0 Å². The number of aromatic nitrogens is 2. The third-order valence-corrected chi connectivity index (χ3v) is 3.49. The summed E-state index contributed by atoms with van der Waals surface area (Å²) in [7, 11) is 1.67. The second-order valence-electron chi connectivity index (χ2n) is 5.08. The lowest BCUT2D eigenvalue weighted by molar-refractivity contribution is 0.0987. The minimum atomic E-state index is -0.334. The zero-order valence-corrected chi connectivity index (χ0v) is 11.4. The van der Waals surface area contributed by atoms with Gasteiger partial charge in [-0.05, 0) is 18.4 Å². The number of nitrogens with zero attached hydrogens (tertiary/aromatic N) is 3. The predicted octanol–water partition coefficient (Wildman–Crippen LogP) is 0.465. The lowest BCUT2D eigenvalue weighted by Gasteiger charge is -2.29. The van der Waals surface area contributed by atoms with Crippen LogP contribution in [0, 0.1) is 0 Å². The van der Waals surface area contributed by atoms with Crippen LogP contribution < -0.4 is 5.56 Å². The van der Waals surface area contributed by atoms with E-state index in [9.17, 15) is 9.90 Å². The van der Waals surface area contributed by atoms with E-state index in [1.54, 1.807) is 13.1 Å². The van der Waals surface area contributed by atoms with E-state index in [1.807, 2.05) is 6.08 Å². The number of hydrogen-bond donors (Lipinski definition) is 1. The van der Waals surface area contributed by atoms with E-state index >= 15 is 0 Å². The number of β-amino-alcohol motifs (C(OH)–C–C–N with tert-alkyl or cyclic N) is 1. The fourth-order valence-corrected chi connectivity index (χ4v) is 2.41. The Hall–Kier alpha value is -1.46. The number of aryl methyl sites for hydroxylation is 1. The number of hydrogen-bond acceptors (Lipinski definition) is 4.